The third-order valence-corrected chi connectivity index (χ3v) is 4.39. The molecule has 6 heteroatoms. The van der Waals surface area contributed by atoms with Crippen LogP contribution in [0.3, 0.4) is 0 Å². The Balaban J connectivity index is 0.00000312. The van der Waals surface area contributed by atoms with Crippen LogP contribution in [0.4, 0.5) is 0 Å². The Hall–Kier alpha value is -0.860. The van der Waals surface area contributed by atoms with Crippen molar-refractivity contribution in [3.05, 3.63) is 35.9 Å². The van der Waals surface area contributed by atoms with Gasteiger partial charge in [-0.15, -0.1) is 24.0 Å². The van der Waals surface area contributed by atoms with Gasteiger partial charge in [0.05, 0.1) is 6.54 Å². The minimum atomic E-state index is 0. The van der Waals surface area contributed by atoms with Crippen molar-refractivity contribution < 1.29 is 0 Å². The number of likely N-dealkylation sites (N-methyl/N-ethyl adjacent to an activating group) is 1. The lowest BCUT2D eigenvalue weighted by atomic mass is 10.1. The summed E-state index contributed by atoms with van der Waals surface area (Å²) in [6, 6.07) is 10.6. The second kappa shape index (κ2) is 13.4. The van der Waals surface area contributed by atoms with Crippen molar-refractivity contribution in [2.45, 2.75) is 19.8 Å². The van der Waals surface area contributed by atoms with Crippen LogP contribution in [-0.4, -0.2) is 75.2 Å². The van der Waals surface area contributed by atoms with E-state index in [0.717, 1.165) is 45.1 Å². The lowest BCUT2D eigenvalue weighted by Gasteiger charge is -2.19. The Labute approximate surface area is 170 Å². The van der Waals surface area contributed by atoms with Gasteiger partial charge in [0.15, 0.2) is 5.96 Å². The predicted octanol–water partition coefficient (Wildman–Crippen LogP) is 2.04. The minimum Gasteiger partial charge on any atom is -0.357 e. The molecule has 2 rings (SSSR count). The predicted molar refractivity (Wildman–Crippen MR) is 118 cm³/mol. The van der Waals surface area contributed by atoms with E-state index in [9.17, 15) is 0 Å². The molecule has 0 radical (unpaired) electrons. The van der Waals surface area contributed by atoms with E-state index < -0.39 is 0 Å². The molecule has 1 heterocycles. The standard InChI is InChI=1S/C19H33N5.HI/c1-3-20-19(21-11-10-18-8-5-4-6-9-18)22-12-15-24-14-7-13-23(2)16-17-24;/h4-6,8-9H,3,7,10-17H2,1-2H3,(H2,20,21,22);1H. The molecule has 1 saturated heterocycles. The first kappa shape index (κ1) is 22.2. The van der Waals surface area contributed by atoms with E-state index in [-0.39, 0.29) is 24.0 Å². The summed E-state index contributed by atoms with van der Waals surface area (Å²) in [4.78, 5) is 9.67. The summed E-state index contributed by atoms with van der Waals surface area (Å²) >= 11 is 0. The van der Waals surface area contributed by atoms with Crippen LogP contribution >= 0.6 is 24.0 Å². The molecule has 0 bridgehead atoms. The van der Waals surface area contributed by atoms with E-state index in [1.807, 2.05) is 0 Å². The maximum atomic E-state index is 4.73. The largest absolute Gasteiger partial charge is 0.357 e. The number of nitrogens with one attached hydrogen (secondary N) is 2. The highest BCUT2D eigenvalue weighted by atomic mass is 127. The molecule has 1 fully saturated rings. The zero-order chi connectivity index (χ0) is 17.0. The third-order valence-electron chi connectivity index (χ3n) is 4.39. The zero-order valence-electron chi connectivity index (χ0n) is 15.7. The van der Waals surface area contributed by atoms with Crippen LogP contribution in [0.1, 0.15) is 18.9 Å². The Kier molecular flexibility index (Phi) is 11.9. The van der Waals surface area contributed by atoms with Gasteiger partial charge in [-0.1, -0.05) is 30.3 Å². The van der Waals surface area contributed by atoms with E-state index >= 15 is 0 Å². The van der Waals surface area contributed by atoms with Crippen molar-refractivity contribution in [3.63, 3.8) is 0 Å². The maximum Gasteiger partial charge on any atom is 0.191 e. The van der Waals surface area contributed by atoms with E-state index in [0.29, 0.717) is 0 Å². The smallest absolute Gasteiger partial charge is 0.191 e. The number of nitrogens with zero attached hydrogens (tertiary/aromatic N) is 3. The van der Waals surface area contributed by atoms with Crippen LogP contribution in [0.2, 0.25) is 0 Å². The second-order valence-electron chi connectivity index (χ2n) is 6.42. The maximum absolute atomic E-state index is 4.73. The SMILES string of the molecule is CCNC(=NCCN1CCCN(C)CC1)NCCc1ccccc1.I. The summed E-state index contributed by atoms with van der Waals surface area (Å²) in [5.41, 5.74) is 1.36. The average molecular weight is 459 g/mol. The molecule has 1 aromatic carbocycles. The van der Waals surface area contributed by atoms with Crippen LogP contribution in [0, 0.1) is 0 Å². The lowest BCUT2D eigenvalue weighted by Crippen LogP contribution is -2.39. The van der Waals surface area contributed by atoms with Crippen molar-refractivity contribution in [1.29, 1.82) is 0 Å². The van der Waals surface area contributed by atoms with Crippen molar-refractivity contribution in [1.82, 2.24) is 20.4 Å². The van der Waals surface area contributed by atoms with E-state index in [1.165, 1.54) is 31.6 Å². The number of aliphatic imine (C=N–C) groups is 1. The van der Waals surface area contributed by atoms with E-state index in [2.05, 4.69) is 64.7 Å². The van der Waals surface area contributed by atoms with Crippen LogP contribution < -0.4 is 10.6 Å². The Morgan fingerprint density at radius 2 is 1.88 bits per heavy atom. The number of benzene rings is 1. The Morgan fingerprint density at radius 3 is 2.64 bits per heavy atom. The Morgan fingerprint density at radius 1 is 1.08 bits per heavy atom. The highest BCUT2D eigenvalue weighted by Crippen LogP contribution is 2.00. The van der Waals surface area contributed by atoms with Gasteiger partial charge in [0, 0.05) is 32.7 Å². The number of hydrogen-bond donors (Lipinski definition) is 2. The zero-order valence-corrected chi connectivity index (χ0v) is 18.0. The van der Waals surface area contributed by atoms with E-state index in [1.54, 1.807) is 0 Å². The van der Waals surface area contributed by atoms with Crippen molar-refractivity contribution in [2.24, 2.45) is 4.99 Å². The molecule has 142 valence electrons. The molecule has 0 aromatic heterocycles. The second-order valence-corrected chi connectivity index (χ2v) is 6.42. The number of rotatable bonds is 7. The van der Waals surface area contributed by atoms with Crippen molar-refractivity contribution >= 4 is 29.9 Å². The summed E-state index contributed by atoms with van der Waals surface area (Å²) in [6.45, 7) is 10.5. The molecule has 5 nitrogen and oxygen atoms in total. The van der Waals surface area contributed by atoms with Gasteiger partial charge in [0.1, 0.15) is 0 Å². The quantitative estimate of drug-likeness (QED) is 0.372. The number of halogens is 1. The summed E-state index contributed by atoms with van der Waals surface area (Å²) in [5, 5.41) is 6.78. The molecule has 2 N–H and O–H groups in total. The molecule has 0 atom stereocenters. The molecule has 25 heavy (non-hydrogen) atoms. The first-order valence-corrected chi connectivity index (χ1v) is 9.25. The van der Waals surface area contributed by atoms with Crippen LogP contribution in [0.5, 0.6) is 0 Å². The van der Waals surface area contributed by atoms with Gasteiger partial charge in [-0.05, 0) is 45.5 Å². The van der Waals surface area contributed by atoms with Crippen LogP contribution in [-0.2, 0) is 6.42 Å². The lowest BCUT2D eigenvalue weighted by molar-refractivity contribution is 0.283. The van der Waals surface area contributed by atoms with Crippen molar-refractivity contribution in [3.8, 4) is 0 Å². The van der Waals surface area contributed by atoms with E-state index in [4.69, 9.17) is 4.99 Å². The normalized spacial score (nSPS) is 16.8. The molecule has 0 unspecified atom stereocenters. The van der Waals surface area contributed by atoms with Crippen molar-refractivity contribution in [2.75, 3.05) is 59.4 Å². The molecular weight excluding hydrogens is 425 g/mol. The highest BCUT2D eigenvalue weighted by molar-refractivity contribution is 14.0. The van der Waals surface area contributed by atoms with Gasteiger partial charge < -0.3 is 20.4 Å². The average Bonchev–Trinajstić information content (AvgIpc) is 2.80. The molecule has 0 amide bonds. The molecule has 0 saturated carbocycles. The fourth-order valence-corrected chi connectivity index (χ4v) is 2.94. The van der Waals surface area contributed by atoms with Gasteiger partial charge in [0.2, 0.25) is 0 Å². The molecule has 0 aliphatic carbocycles. The first-order chi connectivity index (χ1) is 11.8. The van der Waals surface area contributed by atoms with Gasteiger partial charge in [-0.25, -0.2) is 0 Å². The van der Waals surface area contributed by atoms with Gasteiger partial charge in [0.25, 0.3) is 0 Å². The van der Waals surface area contributed by atoms with Crippen LogP contribution in [0.15, 0.2) is 35.3 Å². The number of guanidine groups is 1. The minimum absolute atomic E-state index is 0. The monoisotopic (exact) mass is 459 g/mol. The number of hydrogen-bond acceptors (Lipinski definition) is 3. The molecule has 1 aliphatic heterocycles. The highest BCUT2D eigenvalue weighted by Gasteiger charge is 2.11. The summed E-state index contributed by atoms with van der Waals surface area (Å²) in [6.07, 6.45) is 2.28. The van der Waals surface area contributed by atoms with Crippen LogP contribution in [0.25, 0.3) is 0 Å². The van der Waals surface area contributed by atoms with Gasteiger partial charge in [-0.2, -0.15) is 0 Å². The Bertz CT molecular complexity index is 480. The molecule has 0 spiro atoms. The topological polar surface area (TPSA) is 42.9 Å². The fraction of sp³-hybridized carbons (Fsp3) is 0.632. The molecular formula is C19H34IN5. The summed E-state index contributed by atoms with van der Waals surface area (Å²) in [7, 11) is 2.21. The molecule has 1 aliphatic rings. The summed E-state index contributed by atoms with van der Waals surface area (Å²) in [5.74, 6) is 0.931. The summed E-state index contributed by atoms with van der Waals surface area (Å²) < 4.78 is 0. The fourth-order valence-electron chi connectivity index (χ4n) is 2.94. The molecule has 1 aromatic rings. The van der Waals surface area contributed by atoms with Gasteiger partial charge >= 0.3 is 0 Å². The first-order valence-electron chi connectivity index (χ1n) is 9.25. The third kappa shape index (κ3) is 9.42. The van der Waals surface area contributed by atoms with Gasteiger partial charge in [-0.3, -0.25) is 4.99 Å².